The van der Waals surface area contributed by atoms with Gasteiger partial charge in [-0.2, -0.15) is 0 Å². The number of anilines is 2. The van der Waals surface area contributed by atoms with Crippen LogP contribution in [0.3, 0.4) is 0 Å². The summed E-state index contributed by atoms with van der Waals surface area (Å²) in [5.74, 6) is 0.332. The molecule has 3 N–H and O–H groups in total. The topological polar surface area (TPSA) is 68.0 Å². The Morgan fingerprint density at radius 3 is 2.33 bits per heavy atom. The first-order valence-electron chi connectivity index (χ1n) is 6.91. The third kappa shape index (κ3) is 3.60. The molecule has 0 aliphatic carbocycles. The molecule has 4 heteroatoms. The zero-order valence-electron chi connectivity index (χ0n) is 12.9. The Balaban J connectivity index is 2.15. The molecule has 0 bridgehead atoms. The Morgan fingerprint density at radius 2 is 1.81 bits per heavy atom. The number of carbonyl (C=O) groups excluding carboxylic acids is 1. The summed E-state index contributed by atoms with van der Waals surface area (Å²) in [7, 11) is 0. The van der Waals surface area contributed by atoms with Crippen molar-refractivity contribution in [1.82, 2.24) is 4.98 Å². The summed E-state index contributed by atoms with van der Waals surface area (Å²) in [6.07, 6.45) is 1.55. The Labute approximate surface area is 125 Å². The van der Waals surface area contributed by atoms with E-state index < -0.39 is 0 Å². The largest absolute Gasteiger partial charge is 0.397 e. The van der Waals surface area contributed by atoms with Crippen LogP contribution in [0.5, 0.6) is 0 Å². The van der Waals surface area contributed by atoms with Crippen molar-refractivity contribution in [2.45, 2.75) is 33.1 Å². The number of amides is 1. The lowest BCUT2D eigenvalue weighted by molar-refractivity contribution is 0.102. The van der Waals surface area contributed by atoms with Gasteiger partial charge in [-0.25, -0.2) is 4.98 Å². The van der Waals surface area contributed by atoms with Gasteiger partial charge >= 0.3 is 0 Å². The van der Waals surface area contributed by atoms with Crippen LogP contribution < -0.4 is 11.1 Å². The number of rotatable bonds is 2. The molecule has 0 aliphatic rings. The van der Waals surface area contributed by atoms with Crippen molar-refractivity contribution in [3.63, 3.8) is 0 Å². The zero-order valence-corrected chi connectivity index (χ0v) is 12.9. The molecule has 1 heterocycles. The van der Waals surface area contributed by atoms with Crippen molar-refractivity contribution in [2.24, 2.45) is 0 Å². The van der Waals surface area contributed by atoms with Gasteiger partial charge in [0.2, 0.25) is 0 Å². The minimum absolute atomic E-state index is 0.0740. The first-order chi connectivity index (χ1) is 9.77. The number of aryl methyl sites for hydroxylation is 1. The van der Waals surface area contributed by atoms with Gasteiger partial charge in [-0.1, -0.05) is 32.9 Å². The van der Waals surface area contributed by atoms with E-state index in [4.69, 9.17) is 5.73 Å². The summed E-state index contributed by atoms with van der Waals surface area (Å²) in [6, 6.07) is 9.39. The number of hydrogen-bond acceptors (Lipinski definition) is 3. The predicted octanol–water partition coefficient (Wildman–Crippen LogP) is 3.52. The maximum Gasteiger partial charge on any atom is 0.256 e. The van der Waals surface area contributed by atoms with Gasteiger partial charge in [0.15, 0.2) is 0 Å². The number of pyridine rings is 1. The standard InChI is InChI=1S/C17H21N3O/c1-11-9-15(19-10-14(11)18)20-16(21)12-5-7-13(8-6-12)17(2,3)4/h5-10H,18H2,1-4H3,(H,19,20,21). The Hall–Kier alpha value is -2.36. The van der Waals surface area contributed by atoms with Gasteiger partial charge in [0.05, 0.1) is 11.9 Å². The van der Waals surface area contributed by atoms with Crippen LogP contribution in [0.1, 0.15) is 42.3 Å². The molecule has 4 nitrogen and oxygen atoms in total. The van der Waals surface area contributed by atoms with Crippen LogP contribution in [0.4, 0.5) is 11.5 Å². The Morgan fingerprint density at radius 1 is 1.19 bits per heavy atom. The summed E-state index contributed by atoms with van der Waals surface area (Å²) in [4.78, 5) is 16.3. The highest BCUT2D eigenvalue weighted by Gasteiger charge is 2.14. The quantitative estimate of drug-likeness (QED) is 0.886. The van der Waals surface area contributed by atoms with Crippen molar-refractivity contribution >= 4 is 17.4 Å². The number of nitrogens with one attached hydrogen (secondary N) is 1. The molecule has 0 saturated carbocycles. The molecule has 2 aromatic rings. The van der Waals surface area contributed by atoms with Crippen LogP contribution in [-0.4, -0.2) is 10.9 Å². The lowest BCUT2D eigenvalue weighted by Gasteiger charge is -2.19. The van der Waals surface area contributed by atoms with Crippen LogP contribution in [-0.2, 0) is 5.41 Å². The zero-order chi connectivity index (χ0) is 15.6. The minimum Gasteiger partial charge on any atom is -0.397 e. The number of aromatic nitrogens is 1. The number of nitrogen functional groups attached to an aromatic ring is 1. The normalized spacial score (nSPS) is 11.2. The van der Waals surface area contributed by atoms with E-state index in [2.05, 4.69) is 31.1 Å². The van der Waals surface area contributed by atoms with Gasteiger partial charge in [0, 0.05) is 5.56 Å². The van der Waals surface area contributed by atoms with Crippen molar-refractivity contribution in [1.29, 1.82) is 0 Å². The maximum atomic E-state index is 12.2. The molecule has 0 radical (unpaired) electrons. The number of nitrogens with zero attached hydrogens (tertiary/aromatic N) is 1. The van der Waals surface area contributed by atoms with E-state index in [-0.39, 0.29) is 11.3 Å². The number of benzene rings is 1. The number of nitrogens with two attached hydrogens (primary N) is 1. The van der Waals surface area contributed by atoms with Crippen molar-refractivity contribution in [3.8, 4) is 0 Å². The van der Waals surface area contributed by atoms with Crippen LogP contribution in [0.25, 0.3) is 0 Å². The molecule has 0 saturated heterocycles. The second-order valence-electron chi connectivity index (χ2n) is 6.21. The highest BCUT2D eigenvalue weighted by Crippen LogP contribution is 2.22. The van der Waals surface area contributed by atoms with Gasteiger partial charge < -0.3 is 11.1 Å². The smallest absolute Gasteiger partial charge is 0.256 e. The highest BCUT2D eigenvalue weighted by atomic mass is 16.1. The molecule has 0 fully saturated rings. The summed E-state index contributed by atoms with van der Waals surface area (Å²) in [5, 5.41) is 2.78. The van der Waals surface area contributed by atoms with Gasteiger partial charge in [-0.05, 0) is 41.7 Å². The molecular formula is C17H21N3O. The van der Waals surface area contributed by atoms with Crippen LogP contribution >= 0.6 is 0 Å². The first kappa shape index (κ1) is 15.0. The van der Waals surface area contributed by atoms with E-state index in [1.807, 2.05) is 31.2 Å². The van der Waals surface area contributed by atoms with Crippen molar-refractivity contribution in [3.05, 3.63) is 53.2 Å². The Bertz CT molecular complexity index is 655. The summed E-state index contributed by atoms with van der Waals surface area (Å²) < 4.78 is 0. The average molecular weight is 283 g/mol. The molecule has 0 atom stereocenters. The third-order valence-corrected chi connectivity index (χ3v) is 3.41. The summed E-state index contributed by atoms with van der Waals surface area (Å²) >= 11 is 0. The van der Waals surface area contributed by atoms with Crippen LogP contribution in [0.15, 0.2) is 36.5 Å². The van der Waals surface area contributed by atoms with Gasteiger partial charge in [-0.15, -0.1) is 0 Å². The van der Waals surface area contributed by atoms with E-state index in [0.717, 1.165) is 5.56 Å². The molecule has 0 spiro atoms. The van der Waals surface area contributed by atoms with Crippen molar-refractivity contribution < 1.29 is 4.79 Å². The van der Waals surface area contributed by atoms with E-state index >= 15 is 0 Å². The van der Waals surface area contributed by atoms with Crippen molar-refractivity contribution in [2.75, 3.05) is 11.1 Å². The predicted molar refractivity (Wildman–Crippen MR) is 86.5 cm³/mol. The SMILES string of the molecule is Cc1cc(NC(=O)c2ccc(C(C)(C)C)cc2)ncc1N. The molecule has 110 valence electrons. The number of carbonyl (C=O) groups is 1. The van der Waals surface area contributed by atoms with Crippen LogP contribution in [0.2, 0.25) is 0 Å². The summed E-state index contributed by atoms with van der Waals surface area (Å²) in [5.41, 5.74) is 9.10. The molecular weight excluding hydrogens is 262 g/mol. The fraction of sp³-hybridized carbons (Fsp3) is 0.294. The van der Waals surface area contributed by atoms with Crippen LogP contribution in [0, 0.1) is 6.92 Å². The fourth-order valence-electron chi connectivity index (χ4n) is 1.95. The molecule has 1 amide bonds. The summed E-state index contributed by atoms with van der Waals surface area (Å²) in [6.45, 7) is 8.31. The molecule has 2 rings (SSSR count). The number of hydrogen-bond donors (Lipinski definition) is 2. The van der Waals surface area contributed by atoms with E-state index in [0.29, 0.717) is 17.1 Å². The van der Waals surface area contributed by atoms with E-state index in [9.17, 15) is 4.79 Å². The first-order valence-corrected chi connectivity index (χ1v) is 6.91. The lowest BCUT2D eigenvalue weighted by atomic mass is 9.87. The average Bonchev–Trinajstić information content (AvgIpc) is 2.42. The van der Waals surface area contributed by atoms with Gasteiger partial charge in [-0.3, -0.25) is 4.79 Å². The Kier molecular flexibility index (Phi) is 3.98. The second kappa shape index (κ2) is 5.56. The highest BCUT2D eigenvalue weighted by molar-refractivity contribution is 6.03. The second-order valence-corrected chi connectivity index (χ2v) is 6.21. The maximum absolute atomic E-state index is 12.2. The molecule has 1 aromatic carbocycles. The molecule has 21 heavy (non-hydrogen) atoms. The fourth-order valence-corrected chi connectivity index (χ4v) is 1.95. The monoisotopic (exact) mass is 283 g/mol. The van der Waals surface area contributed by atoms with Gasteiger partial charge in [0.25, 0.3) is 5.91 Å². The molecule has 1 aromatic heterocycles. The lowest BCUT2D eigenvalue weighted by Crippen LogP contribution is -2.15. The van der Waals surface area contributed by atoms with Gasteiger partial charge in [0.1, 0.15) is 5.82 Å². The minimum atomic E-state index is -0.174. The van der Waals surface area contributed by atoms with E-state index in [1.165, 1.54) is 5.56 Å². The molecule has 0 unspecified atom stereocenters. The third-order valence-electron chi connectivity index (χ3n) is 3.41. The molecule has 0 aliphatic heterocycles. The van der Waals surface area contributed by atoms with E-state index in [1.54, 1.807) is 12.3 Å².